The maximum atomic E-state index is 12.3. The molecule has 2 rings (SSSR count). The Morgan fingerprint density at radius 2 is 1.81 bits per heavy atom. The van der Waals surface area contributed by atoms with Gasteiger partial charge in [0.1, 0.15) is 0 Å². The normalized spacial score (nSPS) is 10.2. The van der Waals surface area contributed by atoms with Crippen molar-refractivity contribution in [3.8, 4) is 0 Å². The summed E-state index contributed by atoms with van der Waals surface area (Å²) in [6.45, 7) is 1.75. The molecule has 0 aromatic heterocycles. The lowest BCUT2D eigenvalue weighted by Gasteiger charge is -2.10. The molecule has 0 fully saturated rings. The van der Waals surface area contributed by atoms with Gasteiger partial charge in [0.15, 0.2) is 0 Å². The highest BCUT2D eigenvalue weighted by molar-refractivity contribution is 9.11. The fourth-order valence-corrected chi connectivity index (χ4v) is 2.59. The number of carboxylic acids is 1. The van der Waals surface area contributed by atoms with Crippen molar-refractivity contribution in [3.05, 3.63) is 62.0 Å². The fraction of sp³-hybridized carbons (Fsp3) is 0.0667. The van der Waals surface area contributed by atoms with Gasteiger partial charge in [-0.3, -0.25) is 4.79 Å². The van der Waals surface area contributed by atoms with Crippen LogP contribution in [-0.2, 0) is 0 Å². The zero-order valence-corrected chi connectivity index (χ0v) is 14.2. The van der Waals surface area contributed by atoms with Crippen LogP contribution >= 0.6 is 31.9 Å². The third kappa shape index (κ3) is 3.71. The maximum Gasteiger partial charge on any atom is 0.335 e. The molecule has 2 aromatic rings. The number of nitrogens with one attached hydrogen (secondary N) is 1. The first-order valence-corrected chi connectivity index (χ1v) is 7.57. The van der Waals surface area contributed by atoms with Gasteiger partial charge in [-0.1, -0.05) is 15.9 Å². The van der Waals surface area contributed by atoms with E-state index in [0.717, 1.165) is 4.47 Å². The largest absolute Gasteiger partial charge is 0.478 e. The van der Waals surface area contributed by atoms with E-state index in [0.29, 0.717) is 21.3 Å². The molecule has 2 aromatic carbocycles. The standard InChI is InChI=1S/C15H11Br2NO3/c1-8-6-9(15(20)21)2-5-13(8)18-14(19)11-7-10(16)3-4-12(11)17/h2-7H,1H3,(H,18,19)(H,20,21). The van der Waals surface area contributed by atoms with Crippen LogP contribution in [0, 0.1) is 6.92 Å². The molecule has 1 amide bonds. The van der Waals surface area contributed by atoms with Gasteiger partial charge in [0, 0.05) is 14.6 Å². The number of hydrogen-bond donors (Lipinski definition) is 2. The van der Waals surface area contributed by atoms with Gasteiger partial charge in [0.25, 0.3) is 5.91 Å². The Morgan fingerprint density at radius 1 is 1.10 bits per heavy atom. The van der Waals surface area contributed by atoms with E-state index >= 15 is 0 Å². The number of halogens is 2. The molecule has 108 valence electrons. The highest BCUT2D eigenvalue weighted by Gasteiger charge is 2.13. The van der Waals surface area contributed by atoms with Crippen molar-refractivity contribution in [2.24, 2.45) is 0 Å². The summed E-state index contributed by atoms with van der Waals surface area (Å²) < 4.78 is 1.48. The summed E-state index contributed by atoms with van der Waals surface area (Å²) in [4.78, 5) is 23.2. The van der Waals surface area contributed by atoms with Crippen molar-refractivity contribution in [1.82, 2.24) is 0 Å². The quantitative estimate of drug-likeness (QED) is 0.781. The molecule has 21 heavy (non-hydrogen) atoms. The van der Waals surface area contributed by atoms with Crippen molar-refractivity contribution >= 4 is 49.4 Å². The smallest absolute Gasteiger partial charge is 0.335 e. The summed E-state index contributed by atoms with van der Waals surface area (Å²) in [5, 5.41) is 11.7. The lowest BCUT2D eigenvalue weighted by Crippen LogP contribution is -2.13. The first-order valence-electron chi connectivity index (χ1n) is 5.99. The summed E-state index contributed by atoms with van der Waals surface area (Å²) >= 11 is 6.66. The number of benzene rings is 2. The number of carbonyl (C=O) groups is 2. The van der Waals surface area contributed by atoms with Gasteiger partial charge >= 0.3 is 5.97 Å². The number of rotatable bonds is 3. The number of aryl methyl sites for hydroxylation is 1. The molecule has 0 aliphatic heterocycles. The molecule has 0 bridgehead atoms. The SMILES string of the molecule is Cc1cc(C(=O)O)ccc1NC(=O)c1cc(Br)ccc1Br. The van der Waals surface area contributed by atoms with E-state index in [-0.39, 0.29) is 11.5 Å². The lowest BCUT2D eigenvalue weighted by molar-refractivity contribution is 0.0696. The average molecular weight is 413 g/mol. The van der Waals surface area contributed by atoms with Crippen LogP contribution in [0.15, 0.2) is 45.3 Å². The number of carboxylic acid groups (broad SMARTS) is 1. The molecule has 0 unspecified atom stereocenters. The maximum absolute atomic E-state index is 12.3. The molecule has 0 aliphatic carbocycles. The van der Waals surface area contributed by atoms with Gasteiger partial charge < -0.3 is 10.4 Å². The summed E-state index contributed by atoms with van der Waals surface area (Å²) in [6, 6.07) is 9.88. The topological polar surface area (TPSA) is 66.4 Å². The van der Waals surface area contributed by atoms with Crippen LogP contribution in [0.2, 0.25) is 0 Å². The van der Waals surface area contributed by atoms with Crippen molar-refractivity contribution in [2.75, 3.05) is 5.32 Å². The second kappa shape index (κ2) is 6.41. The van der Waals surface area contributed by atoms with Crippen molar-refractivity contribution in [1.29, 1.82) is 0 Å². The minimum absolute atomic E-state index is 0.189. The number of amides is 1. The van der Waals surface area contributed by atoms with Gasteiger partial charge in [-0.15, -0.1) is 0 Å². The Balaban J connectivity index is 2.27. The Bertz CT molecular complexity index is 729. The van der Waals surface area contributed by atoms with E-state index in [1.54, 1.807) is 25.1 Å². The summed E-state index contributed by atoms with van der Waals surface area (Å²) in [6.07, 6.45) is 0. The van der Waals surface area contributed by atoms with Crippen LogP contribution in [-0.4, -0.2) is 17.0 Å². The first-order chi connectivity index (χ1) is 9.88. The van der Waals surface area contributed by atoms with E-state index in [2.05, 4.69) is 37.2 Å². The van der Waals surface area contributed by atoms with Crippen molar-refractivity contribution in [2.45, 2.75) is 6.92 Å². The minimum Gasteiger partial charge on any atom is -0.478 e. The molecule has 0 heterocycles. The van der Waals surface area contributed by atoms with Crippen LogP contribution in [0.25, 0.3) is 0 Å². The monoisotopic (exact) mass is 411 g/mol. The second-order valence-electron chi connectivity index (χ2n) is 4.41. The molecule has 0 aliphatic rings. The van der Waals surface area contributed by atoms with Gasteiger partial charge in [-0.2, -0.15) is 0 Å². The first kappa shape index (κ1) is 15.7. The van der Waals surface area contributed by atoms with E-state index in [1.165, 1.54) is 12.1 Å². The Labute approximate surface area is 138 Å². The molecule has 6 heteroatoms. The Hall–Kier alpha value is -1.66. The predicted octanol–water partition coefficient (Wildman–Crippen LogP) is 4.47. The minimum atomic E-state index is -0.995. The molecule has 4 nitrogen and oxygen atoms in total. The molecule has 0 radical (unpaired) electrons. The predicted molar refractivity (Wildman–Crippen MR) is 87.9 cm³/mol. The fourth-order valence-electron chi connectivity index (χ4n) is 1.80. The van der Waals surface area contributed by atoms with Gasteiger partial charge in [0.2, 0.25) is 0 Å². The Kier molecular flexibility index (Phi) is 4.80. The third-order valence-electron chi connectivity index (χ3n) is 2.89. The summed E-state index contributed by atoms with van der Waals surface area (Å²) in [5.41, 5.74) is 1.95. The van der Waals surface area contributed by atoms with Crippen molar-refractivity contribution < 1.29 is 14.7 Å². The van der Waals surface area contributed by atoms with E-state index < -0.39 is 5.97 Å². The highest BCUT2D eigenvalue weighted by Crippen LogP contribution is 2.24. The van der Waals surface area contributed by atoms with Gasteiger partial charge in [0.05, 0.1) is 11.1 Å². The molecular weight excluding hydrogens is 402 g/mol. The average Bonchev–Trinajstić information content (AvgIpc) is 2.43. The lowest BCUT2D eigenvalue weighted by atomic mass is 10.1. The summed E-state index contributed by atoms with van der Waals surface area (Å²) in [5.74, 6) is -1.26. The van der Waals surface area contributed by atoms with Gasteiger partial charge in [-0.05, 0) is 64.8 Å². The van der Waals surface area contributed by atoms with Crippen LogP contribution < -0.4 is 5.32 Å². The molecule has 0 atom stereocenters. The zero-order chi connectivity index (χ0) is 15.6. The Morgan fingerprint density at radius 3 is 2.43 bits per heavy atom. The van der Waals surface area contributed by atoms with Crippen molar-refractivity contribution in [3.63, 3.8) is 0 Å². The molecule has 0 saturated heterocycles. The molecule has 2 N–H and O–H groups in total. The third-order valence-corrected chi connectivity index (χ3v) is 4.08. The number of anilines is 1. The van der Waals surface area contributed by atoms with Crippen LogP contribution in [0.3, 0.4) is 0 Å². The highest BCUT2D eigenvalue weighted by atomic mass is 79.9. The van der Waals surface area contributed by atoms with Crippen LogP contribution in [0.5, 0.6) is 0 Å². The number of aromatic carboxylic acids is 1. The molecule has 0 saturated carbocycles. The number of hydrogen-bond acceptors (Lipinski definition) is 2. The van der Waals surface area contributed by atoms with E-state index in [4.69, 9.17) is 5.11 Å². The number of carbonyl (C=O) groups excluding carboxylic acids is 1. The summed E-state index contributed by atoms with van der Waals surface area (Å²) in [7, 11) is 0. The zero-order valence-electron chi connectivity index (χ0n) is 11.0. The van der Waals surface area contributed by atoms with Crippen LogP contribution in [0.4, 0.5) is 5.69 Å². The molecule has 0 spiro atoms. The van der Waals surface area contributed by atoms with Gasteiger partial charge in [-0.25, -0.2) is 4.79 Å². The molecular formula is C15H11Br2NO3. The van der Waals surface area contributed by atoms with E-state index in [9.17, 15) is 9.59 Å². The second-order valence-corrected chi connectivity index (χ2v) is 6.18. The van der Waals surface area contributed by atoms with Crippen LogP contribution in [0.1, 0.15) is 26.3 Å². The van der Waals surface area contributed by atoms with E-state index in [1.807, 2.05) is 6.07 Å².